The Morgan fingerprint density at radius 2 is 2.06 bits per heavy atom. The molecule has 1 rings (SSSR count). The molecule has 94 valence electrons. The molecule has 0 aromatic heterocycles. The fraction of sp³-hybridized carbons (Fsp3) is 0.500. The maximum absolute atomic E-state index is 11.7. The summed E-state index contributed by atoms with van der Waals surface area (Å²) in [6, 6.07) is 6.28. The van der Waals surface area contributed by atoms with Crippen LogP contribution in [0.4, 0.5) is 0 Å². The van der Waals surface area contributed by atoms with Crippen LogP contribution >= 0.6 is 11.6 Å². The zero-order valence-corrected chi connectivity index (χ0v) is 11.5. The second-order valence-electron chi connectivity index (χ2n) is 4.54. The lowest BCUT2D eigenvalue weighted by Crippen LogP contribution is -2.33. The normalized spacial score (nSPS) is 12.2. The number of hydrogen-bond acceptors (Lipinski definition) is 1. The summed E-state index contributed by atoms with van der Waals surface area (Å²) in [5.41, 5.74) is 3.54. The molecule has 2 nitrogen and oxygen atoms in total. The van der Waals surface area contributed by atoms with Crippen LogP contribution in [-0.2, 0) is 11.2 Å². The summed E-state index contributed by atoms with van der Waals surface area (Å²) in [5.74, 6) is 0.635. The predicted octanol–water partition coefficient (Wildman–Crippen LogP) is 2.98. The third-order valence-electron chi connectivity index (χ3n) is 2.89. The van der Waals surface area contributed by atoms with Crippen LogP contribution in [0.25, 0.3) is 0 Å². The van der Waals surface area contributed by atoms with Crippen molar-refractivity contribution in [3.05, 3.63) is 34.9 Å². The molecule has 0 fully saturated rings. The number of alkyl halides is 1. The van der Waals surface area contributed by atoms with Gasteiger partial charge in [-0.2, -0.15) is 0 Å². The molecule has 0 aliphatic carbocycles. The zero-order valence-electron chi connectivity index (χ0n) is 10.7. The van der Waals surface area contributed by atoms with Gasteiger partial charge in [0.05, 0.1) is 6.42 Å². The van der Waals surface area contributed by atoms with Gasteiger partial charge in [-0.3, -0.25) is 4.79 Å². The van der Waals surface area contributed by atoms with E-state index in [0.29, 0.717) is 12.3 Å². The number of halogens is 1. The van der Waals surface area contributed by atoms with E-state index in [1.807, 2.05) is 13.0 Å². The summed E-state index contributed by atoms with van der Waals surface area (Å²) >= 11 is 5.63. The average Bonchev–Trinajstić information content (AvgIpc) is 2.23. The van der Waals surface area contributed by atoms with E-state index in [4.69, 9.17) is 11.6 Å². The van der Waals surface area contributed by atoms with E-state index in [1.54, 1.807) is 0 Å². The van der Waals surface area contributed by atoms with Crippen molar-refractivity contribution in [2.45, 2.75) is 39.7 Å². The Hall–Kier alpha value is -1.02. The standard InChI is InChI=1S/C14H20ClNO/c1-10-4-5-13(8-11(10)2)9-14(17)16-12(3)6-7-15/h4-5,8,12H,6-7,9H2,1-3H3,(H,16,17). The maximum Gasteiger partial charge on any atom is 0.224 e. The number of benzene rings is 1. The van der Waals surface area contributed by atoms with Gasteiger partial charge in [0.15, 0.2) is 0 Å². The van der Waals surface area contributed by atoms with Crippen LogP contribution in [0.15, 0.2) is 18.2 Å². The minimum absolute atomic E-state index is 0.0610. The zero-order chi connectivity index (χ0) is 12.8. The first-order valence-corrected chi connectivity index (χ1v) is 6.48. The van der Waals surface area contributed by atoms with Crippen molar-refractivity contribution in [3.8, 4) is 0 Å². The predicted molar refractivity (Wildman–Crippen MR) is 72.6 cm³/mol. The van der Waals surface area contributed by atoms with Crippen molar-refractivity contribution in [1.29, 1.82) is 0 Å². The van der Waals surface area contributed by atoms with E-state index >= 15 is 0 Å². The van der Waals surface area contributed by atoms with Gasteiger partial charge in [0.25, 0.3) is 0 Å². The van der Waals surface area contributed by atoms with E-state index < -0.39 is 0 Å². The van der Waals surface area contributed by atoms with Gasteiger partial charge in [-0.15, -0.1) is 11.6 Å². The third-order valence-corrected chi connectivity index (χ3v) is 3.10. The molecule has 0 saturated carbocycles. The van der Waals surface area contributed by atoms with Crippen LogP contribution in [0.2, 0.25) is 0 Å². The van der Waals surface area contributed by atoms with Crippen LogP contribution in [0.1, 0.15) is 30.0 Å². The topological polar surface area (TPSA) is 29.1 Å². The first-order chi connectivity index (χ1) is 8.02. The van der Waals surface area contributed by atoms with Gasteiger partial charge in [0.2, 0.25) is 5.91 Å². The number of amides is 1. The van der Waals surface area contributed by atoms with Crippen molar-refractivity contribution in [2.24, 2.45) is 0 Å². The Bertz CT molecular complexity index is 390. The third kappa shape index (κ3) is 4.78. The second-order valence-corrected chi connectivity index (χ2v) is 4.92. The monoisotopic (exact) mass is 253 g/mol. The minimum Gasteiger partial charge on any atom is -0.353 e. The Morgan fingerprint density at radius 3 is 2.65 bits per heavy atom. The first kappa shape index (κ1) is 14.0. The molecule has 0 heterocycles. The van der Waals surface area contributed by atoms with Crippen LogP contribution in [0.5, 0.6) is 0 Å². The lowest BCUT2D eigenvalue weighted by atomic mass is 10.0. The molecule has 0 saturated heterocycles. The number of carbonyl (C=O) groups is 1. The molecular formula is C14H20ClNO. The van der Waals surface area contributed by atoms with Crippen molar-refractivity contribution in [1.82, 2.24) is 5.32 Å². The van der Waals surface area contributed by atoms with Gasteiger partial charge >= 0.3 is 0 Å². The van der Waals surface area contributed by atoms with Crippen LogP contribution < -0.4 is 5.32 Å². The molecule has 0 aliphatic heterocycles. The molecule has 1 unspecified atom stereocenters. The van der Waals surface area contributed by atoms with E-state index in [0.717, 1.165) is 12.0 Å². The SMILES string of the molecule is Cc1ccc(CC(=O)NC(C)CCCl)cc1C. The van der Waals surface area contributed by atoms with Crippen molar-refractivity contribution < 1.29 is 4.79 Å². The molecule has 3 heteroatoms. The van der Waals surface area contributed by atoms with Gasteiger partial charge < -0.3 is 5.32 Å². The van der Waals surface area contributed by atoms with Gasteiger partial charge in [-0.05, 0) is 43.9 Å². The fourth-order valence-corrected chi connectivity index (χ4v) is 1.99. The molecule has 0 aliphatic rings. The molecule has 0 radical (unpaired) electrons. The summed E-state index contributed by atoms with van der Waals surface area (Å²) in [7, 11) is 0. The molecule has 0 spiro atoms. The van der Waals surface area contributed by atoms with Gasteiger partial charge in [0, 0.05) is 11.9 Å². The number of nitrogens with one attached hydrogen (secondary N) is 1. The smallest absolute Gasteiger partial charge is 0.224 e. The quantitative estimate of drug-likeness (QED) is 0.804. The Kier molecular flexibility index (Phi) is 5.49. The lowest BCUT2D eigenvalue weighted by Gasteiger charge is -2.12. The molecule has 1 N–H and O–H groups in total. The van der Waals surface area contributed by atoms with Crippen LogP contribution in [0.3, 0.4) is 0 Å². The van der Waals surface area contributed by atoms with Crippen molar-refractivity contribution in [2.75, 3.05) is 5.88 Å². The molecule has 0 bridgehead atoms. The molecule has 1 amide bonds. The Balaban J connectivity index is 2.53. The lowest BCUT2D eigenvalue weighted by molar-refractivity contribution is -0.121. The largest absolute Gasteiger partial charge is 0.353 e. The fourth-order valence-electron chi connectivity index (χ4n) is 1.66. The van der Waals surface area contributed by atoms with Gasteiger partial charge in [-0.25, -0.2) is 0 Å². The summed E-state index contributed by atoms with van der Waals surface area (Å²) < 4.78 is 0. The highest BCUT2D eigenvalue weighted by Gasteiger charge is 2.08. The van der Waals surface area contributed by atoms with Crippen LogP contribution in [0, 0.1) is 13.8 Å². The molecule has 1 atom stereocenters. The molecule has 17 heavy (non-hydrogen) atoms. The van der Waals surface area contributed by atoms with E-state index in [1.165, 1.54) is 11.1 Å². The summed E-state index contributed by atoms with van der Waals surface area (Å²) in [6.07, 6.45) is 1.24. The van der Waals surface area contributed by atoms with Crippen molar-refractivity contribution in [3.63, 3.8) is 0 Å². The minimum atomic E-state index is 0.0610. The van der Waals surface area contributed by atoms with Crippen molar-refractivity contribution >= 4 is 17.5 Å². The average molecular weight is 254 g/mol. The van der Waals surface area contributed by atoms with E-state index in [2.05, 4.69) is 31.3 Å². The summed E-state index contributed by atoms with van der Waals surface area (Å²) in [5, 5.41) is 2.94. The highest BCUT2D eigenvalue weighted by atomic mass is 35.5. The first-order valence-electron chi connectivity index (χ1n) is 5.94. The molecule has 1 aromatic rings. The number of rotatable bonds is 5. The Labute approximate surface area is 108 Å². The van der Waals surface area contributed by atoms with Gasteiger partial charge in [0.1, 0.15) is 0 Å². The number of carbonyl (C=O) groups excluding carboxylic acids is 1. The number of aryl methyl sites for hydroxylation is 2. The highest BCUT2D eigenvalue weighted by Crippen LogP contribution is 2.10. The Morgan fingerprint density at radius 1 is 1.35 bits per heavy atom. The van der Waals surface area contributed by atoms with Gasteiger partial charge in [-0.1, -0.05) is 18.2 Å². The van der Waals surface area contributed by atoms with Crippen LogP contribution in [-0.4, -0.2) is 17.8 Å². The highest BCUT2D eigenvalue weighted by molar-refractivity contribution is 6.17. The van der Waals surface area contributed by atoms with E-state index in [-0.39, 0.29) is 11.9 Å². The molecular weight excluding hydrogens is 234 g/mol. The second kappa shape index (κ2) is 6.65. The summed E-state index contributed by atoms with van der Waals surface area (Å²) in [4.78, 5) is 11.7. The summed E-state index contributed by atoms with van der Waals surface area (Å²) in [6.45, 7) is 6.11. The number of hydrogen-bond donors (Lipinski definition) is 1. The molecule has 1 aromatic carbocycles. The van der Waals surface area contributed by atoms with E-state index in [9.17, 15) is 4.79 Å². The maximum atomic E-state index is 11.7.